The molecule has 0 radical (unpaired) electrons. The minimum absolute atomic E-state index is 0.0468. The van der Waals surface area contributed by atoms with Crippen LogP contribution in [-0.4, -0.2) is 73.3 Å². The van der Waals surface area contributed by atoms with Gasteiger partial charge in [-0.2, -0.15) is 0 Å². The van der Waals surface area contributed by atoms with Crippen molar-refractivity contribution in [1.82, 2.24) is 15.2 Å². The van der Waals surface area contributed by atoms with Crippen LogP contribution in [-0.2, 0) is 28.8 Å². The number of hydrogen-bond donors (Lipinski definition) is 3. The lowest BCUT2D eigenvalue weighted by Gasteiger charge is -2.49. The maximum absolute atomic E-state index is 13.0. The number of ether oxygens (including phenoxy) is 1. The number of amides is 2. The van der Waals surface area contributed by atoms with E-state index in [2.05, 4.69) is 15.5 Å². The SMILES string of the molecule is CC1C=C(C(=O)O)N2C(=O)C(NC(=O)C(=NOCC(=O)OC(C)(C)C)c3nc(N)sc3Cl)[C@@H]2S1. The highest BCUT2D eigenvalue weighted by Gasteiger charge is 2.54. The van der Waals surface area contributed by atoms with Crippen molar-refractivity contribution in [3.05, 3.63) is 21.8 Å². The van der Waals surface area contributed by atoms with E-state index in [-0.39, 0.29) is 26.1 Å². The van der Waals surface area contributed by atoms with E-state index >= 15 is 0 Å². The van der Waals surface area contributed by atoms with Crippen molar-refractivity contribution in [2.24, 2.45) is 5.16 Å². The lowest BCUT2D eigenvalue weighted by molar-refractivity contribution is -0.160. The Morgan fingerprint density at radius 3 is 2.62 bits per heavy atom. The summed E-state index contributed by atoms with van der Waals surface area (Å²) in [5, 5.41) is 14.9. The predicted molar refractivity (Wildman–Crippen MR) is 125 cm³/mol. The van der Waals surface area contributed by atoms with Crippen LogP contribution in [0.15, 0.2) is 16.9 Å². The van der Waals surface area contributed by atoms with Gasteiger partial charge in [0, 0.05) is 5.25 Å². The van der Waals surface area contributed by atoms with Crippen LogP contribution in [0.25, 0.3) is 0 Å². The van der Waals surface area contributed by atoms with E-state index in [1.807, 2.05) is 0 Å². The number of rotatable bonds is 7. The number of anilines is 1. The number of halogens is 1. The minimum Gasteiger partial charge on any atom is -0.477 e. The molecule has 2 aliphatic rings. The molecule has 15 heteroatoms. The van der Waals surface area contributed by atoms with Gasteiger partial charge < -0.3 is 25.7 Å². The molecule has 0 saturated carbocycles. The number of nitrogens with one attached hydrogen (secondary N) is 1. The number of hydrogen-bond acceptors (Lipinski definition) is 11. The molecule has 1 aromatic heterocycles. The zero-order valence-electron chi connectivity index (χ0n) is 18.5. The molecule has 0 aliphatic carbocycles. The summed E-state index contributed by atoms with van der Waals surface area (Å²) >= 11 is 8.33. The highest BCUT2D eigenvalue weighted by molar-refractivity contribution is 8.00. The van der Waals surface area contributed by atoms with Crippen molar-refractivity contribution in [3.63, 3.8) is 0 Å². The molecule has 1 saturated heterocycles. The standard InChI is InChI=1S/C19H22ClN5O7S2/c1-7-5-8(17(29)30)25-15(28)12(16(25)33-7)22-14(27)11(10-13(20)34-18(21)23-10)24-31-6-9(26)32-19(2,3)4/h5,7,12,16H,6H2,1-4H3,(H2,21,23)(H,22,27)(H,29,30)/t7?,12?,16-/m0/s1. The summed E-state index contributed by atoms with van der Waals surface area (Å²) in [6, 6.07) is -1.02. The van der Waals surface area contributed by atoms with Crippen molar-refractivity contribution in [3.8, 4) is 0 Å². The Labute approximate surface area is 207 Å². The van der Waals surface area contributed by atoms with Crippen LogP contribution in [0.5, 0.6) is 0 Å². The topological polar surface area (TPSA) is 174 Å². The zero-order chi connectivity index (χ0) is 25.4. The zero-order valence-corrected chi connectivity index (χ0v) is 20.9. The number of nitrogen functional groups attached to an aromatic ring is 1. The lowest BCUT2D eigenvalue weighted by Crippen LogP contribution is -2.71. The van der Waals surface area contributed by atoms with Gasteiger partial charge in [-0.15, -0.1) is 11.8 Å². The summed E-state index contributed by atoms with van der Waals surface area (Å²) in [5.41, 5.74) is 4.28. The maximum atomic E-state index is 13.0. The molecule has 0 spiro atoms. The van der Waals surface area contributed by atoms with Crippen molar-refractivity contribution in [2.75, 3.05) is 12.3 Å². The Balaban J connectivity index is 1.78. The van der Waals surface area contributed by atoms with Gasteiger partial charge >= 0.3 is 11.9 Å². The van der Waals surface area contributed by atoms with E-state index in [0.29, 0.717) is 0 Å². The Hall–Kier alpha value is -2.84. The van der Waals surface area contributed by atoms with Gasteiger partial charge in [0.1, 0.15) is 32.7 Å². The fourth-order valence-corrected chi connectivity index (χ4v) is 5.37. The van der Waals surface area contributed by atoms with Crippen molar-refractivity contribution in [2.45, 2.75) is 50.0 Å². The van der Waals surface area contributed by atoms with Crippen molar-refractivity contribution in [1.29, 1.82) is 0 Å². The maximum Gasteiger partial charge on any atom is 0.352 e. The van der Waals surface area contributed by atoms with Gasteiger partial charge in [0.2, 0.25) is 6.61 Å². The number of carboxylic acids is 1. The Morgan fingerprint density at radius 1 is 1.38 bits per heavy atom. The third-order valence-corrected chi connectivity index (χ3v) is 6.77. The molecule has 1 fully saturated rings. The second-order valence-corrected chi connectivity index (χ2v) is 11.4. The Morgan fingerprint density at radius 2 is 2.06 bits per heavy atom. The summed E-state index contributed by atoms with van der Waals surface area (Å²) in [6.45, 7) is 6.22. The number of esters is 1. The first kappa shape index (κ1) is 25.8. The number of oxime groups is 1. The van der Waals surface area contributed by atoms with Crippen LogP contribution < -0.4 is 11.1 Å². The third-order valence-electron chi connectivity index (χ3n) is 4.36. The fourth-order valence-electron chi connectivity index (χ4n) is 3.11. The molecule has 1 aromatic rings. The number of carbonyl (C=O) groups is 4. The van der Waals surface area contributed by atoms with E-state index < -0.39 is 53.1 Å². The van der Waals surface area contributed by atoms with E-state index in [9.17, 15) is 24.3 Å². The average Bonchev–Trinajstić information content (AvgIpc) is 3.04. The first-order valence-corrected chi connectivity index (χ1v) is 12.0. The number of nitrogens with zero attached hydrogens (tertiary/aromatic N) is 3. The normalized spacial score (nSPS) is 22.3. The van der Waals surface area contributed by atoms with Gasteiger partial charge in [-0.25, -0.2) is 14.6 Å². The summed E-state index contributed by atoms with van der Waals surface area (Å²) in [5.74, 6) is -3.42. The van der Waals surface area contributed by atoms with Gasteiger partial charge in [0.25, 0.3) is 11.8 Å². The molecule has 3 rings (SSSR count). The van der Waals surface area contributed by atoms with Gasteiger partial charge in [0.05, 0.1) is 0 Å². The molecule has 3 atom stereocenters. The van der Waals surface area contributed by atoms with E-state index in [0.717, 1.165) is 16.2 Å². The molecule has 2 aliphatic heterocycles. The number of aliphatic carboxylic acids is 1. The smallest absolute Gasteiger partial charge is 0.352 e. The predicted octanol–water partition coefficient (Wildman–Crippen LogP) is 1.20. The largest absolute Gasteiger partial charge is 0.477 e. The molecule has 2 unspecified atom stereocenters. The molecule has 184 valence electrons. The van der Waals surface area contributed by atoms with Crippen LogP contribution >= 0.6 is 34.7 Å². The summed E-state index contributed by atoms with van der Waals surface area (Å²) in [4.78, 5) is 59.1. The minimum atomic E-state index is -1.24. The quantitative estimate of drug-likeness (QED) is 0.201. The summed E-state index contributed by atoms with van der Waals surface area (Å²) in [6.07, 6.45) is 1.47. The summed E-state index contributed by atoms with van der Waals surface area (Å²) in [7, 11) is 0. The number of aromatic nitrogens is 1. The number of carboxylic acid groups (broad SMARTS) is 1. The first-order valence-electron chi connectivity index (χ1n) is 9.87. The van der Waals surface area contributed by atoms with Crippen molar-refractivity contribution < 1.29 is 33.9 Å². The molecule has 0 aromatic carbocycles. The molecule has 2 amide bonds. The summed E-state index contributed by atoms with van der Waals surface area (Å²) < 4.78 is 5.16. The molecular weight excluding hydrogens is 510 g/mol. The average molecular weight is 532 g/mol. The lowest BCUT2D eigenvalue weighted by atomic mass is 10.0. The van der Waals surface area contributed by atoms with E-state index in [4.69, 9.17) is 26.9 Å². The first-order chi connectivity index (χ1) is 15.8. The highest BCUT2D eigenvalue weighted by Crippen LogP contribution is 2.40. The number of β-lactam (4-membered cyclic amide) rings is 1. The number of nitrogens with two attached hydrogens (primary N) is 1. The number of fused-ring (bicyclic) bond motifs is 1. The molecular formula is C19H22ClN5O7S2. The second-order valence-electron chi connectivity index (χ2n) is 8.22. The van der Waals surface area contributed by atoms with Gasteiger partial charge in [-0.3, -0.25) is 14.5 Å². The van der Waals surface area contributed by atoms with Crippen LogP contribution in [0.1, 0.15) is 33.4 Å². The monoisotopic (exact) mass is 531 g/mol. The third kappa shape index (κ3) is 5.62. The molecule has 4 N–H and O–H groups in total. The van der Waals surface area contributed by atoms with Gasteiger partial charge in [0.15, 0.2) is 10.8 Å². The van der Waals surface area contributed by atoms with E-state index in [1.54, 1.807) is 27.7 Å². The van der Waals surface area contributed by atoms with Crippen molar-refractivity contribution >= 4 is 69.3 Å². The fraction of sp³-hybridized carbons (Fsp3) is 0.474. The number of thioether (sulfide) groups is 1. The highest BCUT2D eigenvalue weighted by atomic mass is 35.5. The number of carbonyl (C=O) groups excluding carboxylic acids is 3. The van der Waals surface area contributed by atoms with Crippen LogP contribution in [0, 0.1) is 0 Å². The Kier molecular flexibility index (Phi) is 7.43. The van der Waals surface area contributed by atoms with Gasteiger partial charge in [-0.05, 0) is 33.8 Å². The van der Waals surface area contributed by atoms with Crippen LogP contribution in [0.4, 0.5) is 5.13 Å². The van der Waals surface area contributed by atoms with E-state index in [1.165, 1.54) is 17.8 Å². The van der Waals surface area contributed by atoms with Gasteiger partial charge in [-0.1, -0.05) is 28.1 Å². The number of thiazole rings is 1. The van der Waals surface area contributed by atoms with Crippen LogP contribution in [0.3, 0.4) is 0 Å². The molecule has 3 heterocycles. The molecule has 12 nitrogen and oxygen atoms in total. The Bertz CT molecular complexity index is 1100. The molecule has 0 bridgehead atoms. The van der Waals surface area contributed by atoms with Crippen LogP contribution in [0.2, 0.25) is 4.34 Å². The molecule has 34 heavy (non-hydrogen) atoms. The second kappa shape index (κ2) is 9.80.